The van der Waals surface area contributed by atoms with Gasteiger partial charge < -0.3 is 11.1 Å². The highest BCUT2D eigenvalue weighted by Crippen LogP contribution is 2.47. The first-order valence-electron chi connectivity index (χ1n) is 6.76. The largest absolute Gasteiger partial charge is 0.351 e. The van der Waals surface area contributed by atoms with Gasteiger partial charge >= 0.3 is 0 Å². The summed E-state index contributed by atoms with van der Waals surface area (Å²) in [5.41, 5.74) is 7.20. The van der Waals surface area contributed by atoms with E-state index < -0.39 is 0 Å². The Balaban J connectivity index is 1.98. The minimum Gasteiger partial charge on any atom is -0.351 e. The number of benzene rings is 1. The molecule has 1 aromatic rings. The first kappa shape index (κ1) is 13.6. The molecule has 3 N–H and O–H groups in total. The Morgan fingerprint density at radius 3 is 2.89 bits per heavy atom. The van der Waals surface area contributed by atoms with Crippen LogP contribution in [-0.2, 0) is 0 Å². The zero-order valence-corrected chi connectivity index (χ0v) is 11.3. The lowest BCUT2D eigenvalue weighted by Gasteiger charge is -2.13. The topological polar surface area (TPSA) is 55.1 Å². The summed E-state index contributed by atoms with van der Waals surface area (Å²) >= 11 is 0. The van der Waals surface area contributed by atoms with Crippen LogP contribution >= 0.6 is 0 Å². The first-order chi connectivity index (χ1) is 9.19. The van der Waals surface area contributed by atoms with Crippen LogP contribution in [0.2, 0.25) is 0 Å². The molecule has 0 aliphatic heterocycles. The van der Waals surface area contributed by atoms with Crippen molar-refractivity contribution >= 4 is 5.91 Å². The molecule has 0 aromatic heterocycles. The average Bonchev–Trinajstić information content (AvgIpc) is 3.23. The summed E-state index contributed by atoms with van der Waals surface area (Å²) in [6.07, 6.45) is 3.59. The molecule has 0 unspecified atom stereocenters. The number of carbonyl (C=O) groups excluding carboxylic acids is 1. The lowest BCUT2D eigenvalue weighted by atomic mass is 10.0. The van der Waals surface area contributed by atoms with Crippen molar-refractivity contribution in [3.05, 3.63) is 35.4 Å². The van der Waals surface area contributed by atoms with E-state index in [0.29, 0.717) is 17.5 Å². The second-order valence-electron chi connectivity index (χ2n) is 5.12. The SMILES string of the molecule is CCC1(CNC(=O)c2cccc(C#CCN)c2)CC1. The number of carbonyl (C=O) groups is 1. The predicted molar refractivity (Wildman–Crippen MR) is 76.7 cm³/mol. The molecule has 1 aliphatic rings. The molecule has 19 heavy (non-hydrogen) atoms. The fourth-order valence-corrected chi connectivity index (χ4v) is 2.09. The summed E-state index contributed by atoms with van der Waals surface area (Å²) < 4.78 is 0. The molecular weight excluding hydrogens is 236 g/mol. The van der Waals surface area contributed by atoms with Gasteiger partial charge in [-0.1, -0.05) is 24.8 Å². The van der Waals surface area contributed by atoms with Crippen molar-refractivity contribution in [2.24, 2.45) is 11.1 Å². The minimum absolute atomic E-state index is 0.0175. The quantitative estimate of drug-likeness (QED) is 0.809. The third kappa shape index (κ3) is 3.59. The van der Waals surface area contributed by atoms with Crippen LogP contribution in [0.3, 0.4) is 0 Å². The summed E-state index contributed by atoms with van der Waals surface area (Å²) in [5.74, 6) is 5.72. The Morgan fingerprint density at radius 2 is 2.26 bits per heavy atom. The molecule has 1 aromatic carbocycles. The molecule has 1 fully saturated rings. The molecule has 1 saturated carbocycles. The molecule has 100 valence electrons. The van der Waals surface area contributed by atoms with Crippen LogP contribution in [0.1, 0.15) is 42.1 Å². The van der Waals surface area contributed by atoms with Crippen LogP contribution in [0.25, 0.3) is 0 Å². The van der Waals surface area contributed by atoms with Gasteiger partial charge in [0.1, 0.15) is 0 Å². The third-order valence-electron chi connectivity index (χ3n) is 3.79. The summed E-state index contributed by atoms with van der Waals surface area (Å²) in [4.78, 5) is 12.1. The summed E-state index contributed by atoms with van der Waals surface area (Å²) in [6, 6.07) is 7.36. The van der Waals surface area contributed by atoms with E-state index in [-0.39, 0.29) is 5.91 Å². The van der Waals surface area contributed by atoms with Gasteiger partial charge in [0.25, 0.3) is 5.91 Å². The molecule has 3 nitrogen and oxygen atoms in total. The molecule has 0 heterocycles. The highest BCUT2D eigenvalue weighted by atomic mass is 16.1. The molecule has 3 heteroatoms. The molecule has 0 bridgehead atoms. The van der Waals surface area contributed by atoms with Gasteiger partial charge in [-0.25, -0.2) is 0 Å². The normalized spacial score (nSPS) is 15.3. The lowest BCUT2D eigenvalue weighted by Crippen LogP contribution is -2.29. The van der Waals surface area contributed by atoms with Crippen molar-refractivity contribution in [3.63, 3.8) is 0 Å². The molecule has 1 amide bonds. The Kier molecular flexibility index (Phi) is 4.24. The number of nitrogens with two attached hydrogens (primary N) is 1. The summed E-state index contributed by atoms with van der Waals surface area (Å²) in [5, 5.41) is 3.02. The predicted octanol–water partition coefficient (Wildman–Crippen LogP) is 1.92. The second kappa shape index (κ2) is 5.90. The lowest BCUT2D eigenvalue weighted by molar-refractivity contribution is 0.0944. The number of amides is 1. The van der Waals surface area contributed by atoms with Gasteiger partial charge in [-0.2, -0.15) is 0 Å². The van der Waals surface area contributed by atoms with E-state index in [9.17, 15) is 4.79 Å². The zero-order valence-electron chi connectivity index (χ0n) is 11.3. The third-order valence-corrected chi connectivity index (χ3v) is 3.79. The van der Waals surface area contributed by atoms with E-state index in [0.717, 1.165) is 18.5 Å². The van der Waals surface area contributed by atoms with Crippen LogP contribution in [0.5, 0.6) is 0 Å². The van der Waals surface area contributed by atoms with E-state index in [2.05, 4.69) is 24.1 Å². The zero-order chi connectivity index (χ0) is 13.7. The molecule has 0 atom stereocenters. The Morgan fingerprint density at radius 1 is 1.47 bits per heavy atom. The van der Waals surface area contributed by atoms with Crippen LogP contribution in [0.4, 0.5) is 0 Å². The molecule has 0 spiro atoms. The van der Waals surface area contributed by atoms with Crippen LogP contribution in [0.15, 0.2) is 24.3 Å². The Hall–Kier alpha value is -1.79. The van der Waals surface area contributed by atoms with Crippen LogP contribution < -0.4 is 11.1 Å². The van der Waals surface area contributed by atoms with Crippen molar-refractivity contribution in [1.82, 2.24) is 5.32 Å². The maximum Gasteiger partial charge on any atom is 0.251 e. The minimum atomic E-state index is -0.0175. The van der Waals surface area contributed by atoms with Gasteiger partial charge in [-0.15, -0.1) is 0 Å². The van der Waals surface area contributed by atoms with Gasteiger partial charge in [0, 0.05) is 17.7 Å². The van der Waals surface area contributed by atoms with Crippen LogP contribution in [0, 0.1) is 17.3 Å². The average molecular weight is 256 g/mol. The maximum atomic E-state index is 12.1. The highest BCUT2D eigenvalue weighted by Gasteiger charge is 2.40. The van der Waals surface area contributed by atoms with Crippen molar-refractivity contribution in [3.8, 4) is 11.8 Å². The fraction of sp³-hybridized carbons (Fsp3) is 0.438. The number of rotatable bonds is 4. The van der Waals surface area contributed by atoms with Gasteiger partial charge in [0.2, 0.25) is 0 Å². The van der Waals surface area contributed by atoms with Crippen molar-refractivity contribution in [2.75, 3.05) is 13.1 Å². The highest BCUT2D eigenvalue weighted by molar-refractivity contribution is 5.94. The van der Waals surface area contributed by atoms with Gasteiger partial charge in [-0.3, -0.25) is 4.79 Å². The van der Waals surface area contributed by atoms with Crippen molar-refractivity contribution in [2.45, 2.75) is 26.2 Å². The molecule has 1 aliphatic carbocycles. The smallest absolute Gasteiger partial charge is 0.251 e. The van der Waals surface area contributed by atoms with E-state index in [1.165, 1.54) is 12.8 Å². The second-order valence-corrected chi connectivity index (χ2v) is 5.12. The van der Waals surface area contributed by atoms with Gasteiger partial charge in [0.05, 0.1) is 6.54 Å². The molecule has 0 saturated heterocycles. The summed E-state index contributed by atoms with van der Waals surface area (Å²) in [7, 11) is 0. The summed E-state index contributed by atoms with van der Waals surface area (Å²) in [6.45, 7) is 3.29. The Bertz CT molecular complexity index is 521. The number of hydrogen-bond acceptors (Lipinski definition) is 2. The first-order valence-corrected chi connectivity index (χ1v) is 6.76. The van der Waals surface area contributed by atoms with E-state index >= 15 is 0 Å². The van der Waals surface area contributed by atoms with E-state index in [4.69, 9.17) is 5.73 Å². The maximum absolute atomic E-state index is 12.1. The number of hydrogen-bond donors (Lipinski definition) is 2. The fourth-order valence-electron chi connectivity index (χ4n) is 2.09. The number of nitrogens with one attached hydrogen (secondary N) is 1. The van der Waals surface area contributed by atoms with Gasteiger partial charge in [0.15, 0.2) is 0 Å². The van der Waals surface area contributed by atoms with Crippen molar-refractivity contribution < 1.29 is 4.79 Å². The molecule has 2 rings (SSSR count). The monoisotopic (exact) mass is 256 g/mol. The van der Waals surface area contributed by atoms with E-state index in [1.54, 1.807) is 0 Å². The standard InChI is InChI=1S/C16H20N2O/c1-2-16(8-9-16)12-18-15(19)14-7-3-5-13(11-14)6-4-10-17/h3,5,7,11H,2,8-10,12,17H2,1H3,(H,18,19). The van der Waals surface area contributed by atoms with Gasteiger partial charge in [-0.05, 0) is 42.9 Å². The molecule has 0 radical (unpaired) electrons. The van der Waals surface area contributed by atoms with E-state index in [1.807, 2.05) is 24.3 Å². The Labute approximate surface area is 114 Å². The molecular formula is C16H20N2O. The van der Waals surface area contributed by atoms with Crippen LogP contribution in [-0.4, -0.2) is 19.0 Å². The van der Waals surface area contributed by atoms with Crippen molar-refractivity contribution in [1.29, 1.82) is 0 Å².